The van der Waals surface area contributed by atoms with Gasteiger partial charge in [0.1, 0.15) is 0 Å². The maximum absolute atomic E-state index is 12.9. The van der Waals surface area contributed by atoms with Crippen LogP contribution in [0.1, 0.15) is 26.4 Å². The Hall–Kier alpha value is -3.55. The summed E-state index contributed by atoms with van der Waals surface area (Å²) in [5, 5.41) is 0.905. The Balaban J connectivity index is 1.56. The van der Waals surface area contributed by atoms with E-state index in [1.807, 2.05) is 61.5 Å². The van der Waals surface area contributed by atoms with Crippen LogP contribution in [-0.2, 0) is 0 Å². The van der Waals surface area contributed by atoms with E-state index in [0.717, 1.165) is 16.0 Å². The Morgan fingerprint density at radius 3 is 2.22 bits per heavy atom. The SMILES string of the molecule is Cc1ccc(C(=O)NNC(=O)c2nc(-c3ccccc3)oc2Sc2ccc(Cl)cc2)cc1. The maximum atomic E-state index is 12.9. The molecule has 32 heavy (non-hydrogen) atoms. The zero-order valence-corrected chi connectivity index (χ0v) is 18.5. The van der Waals surface area contributed by atoms with Gasteiger partial charge < -0.3 is 4.42 Å². The average Bonchev–Trinajstić information content (AvgIpc) is 3.24. The molecule has 0 aliphatic carbocycles. The zero-order chi connectivity index (χ0) is 22.5. The van der Waals surface area contributed by atoms with Crippen LogP contribution >= 0.6 is 23.4 Å². The fourth-order valence-corrected chi connectivity index (χ4v) is 3.75. The summed E-state index contributed by atoms with van der Waals surface area (Å²) in [5.74, 6) is -0.720. The molecule has 0 aliphatic rings. The first kappa shape index (κ1) is 21.7. The first-order valence-electron chi connectivity index (χ1n) is 9.66. The molecule has 2 N–H and O–H groups in total. The van der Waals surface area contributed by atoms with Gasteiger partial charge in [-0.1, -0.05) is 47.5 Å². The van der Waals surface area contributed by atoms with Crippen molar-refractivity contribution < 1.29 is 14.0 Å². The molecule has 8 heteroatoms. The Labute approximate surface area is 194 Å². The molecule has 160 valence electrons. The van der Waals surface area contributed by atoms with Crippen molar-refractivity contribution in [3.05, 3.63) is 101 Å². The summed E-state index contributed by atoms with van der Waals surface area (Å²) in [6.45, 7) is 1.93. The van der Waals surface area contributed by atoms with Crippen molar-refractivity contribution in [1.29, 1.82) is 0 Å². The van der Waals surface area contributed by atoms with Gasteiger partial charge in [0.25, 0.3) is 11.8 Å². The monoisotopic (exact) mass is 463 g/mol. The molecule has 2 amide bonds. The second-order valence-electron chi connectivity index (χ2n) is 6.85. The van der Waals surface area contributed by atoms with Crippen LogP contribution in [-0.4, -0.2) is 16.8 Å². The van der Waals surface area contributed by atoms with Gasteiger partial charge in [-0.2, -0.15) is 0 Å². The minimum Gasteiger partial charge on any atom is -0.429 e. The molecule has 0 bridgehead atoms. The maximum Gasteiger partial charge on any atom is 0.292 e. The van der Waals surface area contributed by atoms with Gasteiger partial charge in [0.15, 0.2) is 10.8 Å². The normalized spacial score (nSPS) is 10.6. The topological polar surface area (TPSA) is 84.2 Å². The molecule has 0 spiro atoms. The molecule has 1 aromatic heterocycles. The molecule has 0 saturated carbocycles. The summed E-state index contributed by atoms with van der Waals surface area (Å²) in [4.78, 5) is 30.4. The lowest BCUT2D eigenvalue weighted by Crippen LogP contribution is -2.41. The quantitative estimate of drug-likeness (QED) is 0.380. The number of hydrogen-bond acceptors (Lipinski definition) is 5. The highest BCUT2D eigenvalue weighted by molar-refractivity contribution is 7.99. The van der Waals surface area contributed by atoms with Gasteiger partial charge in [0.2, 0.25) is 5.89 Å². The van der Waals surface area contributed by atoms with E-state index >= 15 is 0 Å². The molecular formula is C24H18ClN3O3S. The van der Waals surface area contributed by atoms with Crippen molar-refractivity contribution >= 4 is 35.2 Å². The smallest absolute Gasteiger partial charge is 0.292 e. The molecule has 0 aliphatic heterocycles. The Morgan fingerprint density at radius 2 is 1.53 bits per heavy atom. The molecular weight excluding hydrogens is 446 g/mol. The number of amides is 2. The summed E-state index contributed by atoms with van der Waals surface area (Å²) in [6, 6.07) is 23.4. The average molecular weight is 464 g/mol. The predicted octanol–water partition coefficient (Wildman–Crippen LogP) is 5.53. The Bertz CT molecular complexity index is 1240. The number of nitrogens with one attached hydrogen (secondary N) is 2. The van der Waals surface area contributed by atoms with Gasteiger partial charge in [-0.3, -0.25) is 20.4 Å². The van der Waals surface area contributed by atoms with Crippen molar-refractivity contribution in [2.24, 2.45) is 0 Å². The van der Waals surface area contributed by atoms with Crippen LogP contribution < -0.4 is 10.9 Å². The lowest BCUT2D eigenvalue weighted by atomic mass is 10.1. The highest BCUT2D eigenvalue weighted by Gasteiger charge is 2.22. The highest BCUT2D eigenvalue weighted by Crippen LogP contribution is 2.34. The number of aryl methyl sites for hydroxylation is 1. The molecule has 4 rings (SSSR count). The molecule has 3 aromatic carbocycles. The van der Waals surface area contributed by atoms with Crippen molar-refractivity contribution in [1.82, 2.24) is 15.8 Å². The van der Waals surface area contributed by atoms with Gasteiger partial charge in [-0.25, -0.2) is 4.98 Å². The molecule has 1 heterocycles. The molecule has 6 nitrogen and oxygen atoms in total. The van der Waals surface area contributed by atoms with Crippen LogP contribution in [0.2, 0.25) is 5.02 Å². The van der Waals surface area contributed by atoms with Crippen molar-refractivity contribution in [2.45, 2.75) is 16.9 Å². The number of hydrogen-bond donors (Lipinski definition) is 2. The lowest BCUT2D eigenvalue weighted by molar-refractivity contribution is 0.0841. The number of benzene rings is 3. The number of aromatic nitrogens is 1. The predicted molar refractivity (Wildman–Crippen MR) is 124 cm³/mol. The first-order valence-corrected chi connectivity index (χ1v) is 10.9. The van der Waals surface area contributed by atoms with E-state index in [-0.39, 0.29) is 5.69 Å². The summed E-state index contributed by atoms with van der Waals surface area (Å²) >= 11 is 7.20. The largest absolute Gasteiger partial charge is 0.429 e. The lowest BCUT2D eigenvalue weighted by Gasteiger charge is -2.07. The molecule has 0 fully saturated rings. The number of carbonyl (C=O) groups is 2. The van der Waals surface area contributed by atoms with E-state index < -0.39 is 11.8 Å². The minimum absolute atomic E-state index is 0.0630. The van der Waals surface area contributed by atoms with Gasteiger partial charge in [0, 0.05) is 21.0 Å². The zero-order valence-electron chi connectivity index (χ0n) is 17.0. The van der Waals surface area contributed by atoms with Gasteiger partial charge in [0.05, 0.1) is 0 Å². The molecule has 0 unspecified atom stereocenters. The second-order valence-corrected chi connectivity index (χ2v) is 8.33. The van der Waals surface area contributed by atoms with Crippen LogP contribution in [0.5, 0.6) is 0 Å². The third-order valence-corrected chi connectivity index (χ3v) is 5.68. The van der Waals surface area contributed by atoms with Gasteiger partial charge in [-0.15, -0.1) is 0 Å². The summed E-state index contributed by atoms with van der Waals surface area (Å²) < 4.78 is 5.91. The fraction of sp³-hybridized carbons (Fsp3) is 0.0417. The van der Waals surface area contributed by atoms with E-state index in [2.05, 4.69) is 15.8 Å². The molecule has 4 aromatic rings. The van der Waals surface area contributed by atoms with E-state index in [4.69, 9.17) is 16.0 Å². The van der Waals surface area contributed by atoms with Crippen LogP contribution in [0.25, 0.3) is 11.5 Å². The summed E-state index contributed by atoms with van der Waals surface area (Å²) in [7, 11) is 0. The number of rotatable bonds is 5. The molecule has 0 radical (unpaired) electrons. The third kappa shape index (κ3) is 5.19. The minimum atomic E-state index is -0.590. The Kier molecular flexibility index (Phi) is 6.58. The highest BCUT2D eigenvalue weighted by atomic mass is 35.5. The third-order valence-electron chi connectivity index (χ3n) is 4.46. The van der Waals surface area contributed by atoms with E-state index in [0.29, 0.717) is 21.6 Å². The van der Waals surface area contributed by atoms with Crippen LogP contribution in [0.15, 0.2) is 93.3 Å². The van der Waals surface area contributed by atoms with Crippen molar-refractivity contribution in [3.8, 4) is 11.5 Å². The summed E-state index contributed by atoms with van der Waals surface area (Å²) in [5.41, 5.74) is 7.09. The van der Waals surface area contributed by atoms with E-state index in [9.17, 15) is 9.59 Å². The number of hydrazine groups is 1. The molecule has 0 saturated heterocycles. The number of halogens is 1. The standard InChI is InChI=1S/C24H18ClN3O3S/c1-15-7-9-16(10-8-15)21(29)27-28-22(30)20-24(32-19-13-11-18(25)12-14-19)31-23(26-20)17-5-3-2-4-6-17/h2-14H,1H3,(H,27,29)(H,28,30). The second kappa shape index (κ2) is 9.72. The number of oxazole rings is 1. The van der Waals surface area contributed by atoms with Crippen LogP contribution in [0.4, 0.5) is 0 Å². The summed E-state index contributed by atoms with van der Waals surface area (Å²) in [6.07, 6.45) is 0. The van der Waals surface area contributed by atoms with Crippen molar-refractivity contribution in [3.63, 3.8) is 0 Å². The van der Waals surface area contributed by atoms with Gasteiger partial charge in [-0.05, 0) is 67.2 Å². The van der Waals surface area contributed by atoms with E-state index in [1.165, 1.54) is 11.8 Å². The van der Waals surface area contributed by atoms with Crippen molar-refractivity contribution in [2.75, 3.05) is 0 Å². The number of carbonyl (C=O) groups excluding carboxylic acids is 2. The first-order chi connectivity index (χ1) is 15.5. The Morgan fingerprint density at radius 1 is 0.875 bits per heavy atom. The number of nitrogens with zero attached hydrogens (tertiary/aromatic N) is 1. The fourth-order valence-electron chi connectivity index (χ4n) is 2.78. The van der Waals surface area contributed by atoms with Gasteiger partial charge >= 0.3 is 0 Å². The van der Waals surface area contributed by atoms with E-state index in [1.54, 1.807) is 24.3 Å². The molecule has 0 atom stereocenters. The van der Waals surface area contributed by atoms with Crippen LogP contribution in [0, 0.1) is 6.92 Å². The van der Waals surface area contributed by atoms with Crippen LogP contribution in [0.3, 0.4) is 0 Å².